The smallest absolute Gasteiger partial charge is 0.252 e. The Kier molecular flexibility index (Phi) is 4.19. The van der Waals surface area contributed by atoms with Crippen LogP contribution in [0, 0.1) is 0 Å². The van der Waals surface area contributed by atoms with E-state index >= 15 is 0 Å². The van der Waals surface area contributed by atoms with Crippen LogP contribution in [0.1, 0.15) is 25.6 Å². The fourth-order valence-corrected chi connectivity index (χ4v) is 0.892. The standard InChI is InChI=1S/C9H17N3O3/c1-9(2,13-3)8-11-7(15-12-8)6-14-5-4-10/h4-6,10H2,1-3H3. The highest BCUT2D eigenvalue weighted by Crippen LogP contribution is 2.20. The summed E-state index contributed by atoms with van der Waals surface area (Å²) in [7, 11) is 1.60. The lowest BCUT2D eigenvalue weighted by molar-refractivity contribution is 0.00973. The predicted molar refractivity (Wildman–Crippen MR) is 53.0 cm³/mol. The van der Waals surface area contributed by atoms with Gasteiger partial charge in [-0.2, -0.15) is 4.98 Å². The molecule has 1 aromatic heterocycles. The minimum Gasteiger partial charge on any atom is -0.371 e. The molecule has 0 aromatic carbocycles. The molecule has 2 N–H and O–H groups in total. The summed E-state index contributed by atoms with van der Waals surface area (Å²) in [6.07, 6.45) is 0. The number of methoxy groups -OCH3 is 1. The van der Waals surface area contributed by atoms with Gasteiger partial charge in [0.25, 0.3) is 5.89 Å². The molecule has 0 aliphatic carbocycles. The molecule has 0 aliphatic rings. The Morgan fingerprint density at radius 2 is 2.20 bits per heavy atom. The third-order valence-corrected chi connectivity index (χ3v) is 2.00. The lowest BCUT2D eigenvalue weighted by Gasteiger charge is -2.17. The van der Waals surface area contributed by atoms with E-state index in [1.165, 1.54) is 0 Å². The number of rotatable bonds is 6. The van der Waals surface area contributed by atoms with E-state index in [0.717, 1.165) is 0 Å². The molecule has 0 aliphatic heterocycles. The quantitative estimate of drug-likeness (QED) is 0.693. The highest BCUT2D eigenvalue weighted by Gasteiger charge is 2.26. The summed E-state index contributed by atoms with van der Waals surface area (Å²) in [5.74, 6) is 0.944. The summed E-state index contributed by atoms with van der Waals surface area (Å²) in [5, 5.41) is 3.82. The summed E-state index contributed by atoms with van der Waals surface area (Å²) in [6, 6.07) is 0. The largest absolute Gasteiger partial charge is 0.371 e. The van der Waals surface area contributed by atoms with Crippen LogP contribution in [0.3, 0.4) is 0 Å². The number of hydrogen-bond acceptors (Lipinski definition) is 6. The van der Waals surface area contributed by atoms with Gasteiger partial charge in [0, 0.05) is 13.7 Å². The average Bonchev–Trinajstić information content (AvgIpc) is 2.68. The Bertz CT molecular complexity index is 299. The molecule has 0 unspecified atom stereocenters. The Balaban J connectivity index is 2.56. The minimum absolute atomic E-state index is 0.282. The maximum atomic E-state index is 5.28. The van der Waals surface area contributed by atoms with Crippen molar-refractivity contribution in [1.29, 1.82) is 0 Å². The summed E-state index contributed by atoms with van der Waals surface area (Å²) in [6.45, 7) is 4.96. The summed E-state index contributed by atoms with van der Waals surface area (Å²) in [4.78, 5) is 4.16. The minimum atomic E-state index is -0.546. The number of nitrogens with zero attached hydrogens (tertiary/aromatic N) is 2. The molecular weight excluding hydrogens is 198 g/mol. The first-order chi connectivity index (χ1) is 7.10. The maximum Gasteiger partial charge on any atom is 0.252 e. The van der Waals surface area contributed by atoms with Gasteiger partial charge in [-0.25, -0.2) is 0 Å². The van der Waals surface area contributed by atoms with Gasteiger partial charge in [0.15, 0.2) is 0 Å². The molecule has 0 spiro atoms. The van der Waals surface area contributed by atoms with Crippen molar-refractivity contribution in [3.63, 3.8) is 0 Å². The van der Waals surface area contributed by atoms with E-state index in [1.807, 2.05) is 13.8 Å². The highest BCUT2D eigenvalue weighted by atomic mass is 16.5. The van der Waals surface area contributed by atoms with Crippen LogP contribution < -0.4 is 5.73 Å². The molecule has 6 nitrogen and oxygen atoms in total. The topological polar surface area (TPSA) is 83.4 Å². The maximum absolute atomic E-state index is 5.28. The van der Waals surface area contributed by atoms with Crippen molar-refractivity contribution < 1.29 is 14.0 Å². The van der Waals surface area contributed by atoms with Gasteiger partial charge in [-0.1, -0.05) is 5.16 Å². The van der Waals surface area contributed by atoms with Crippen LogP contribution in [0.2, 0.25) is 0 Å². The zero-order chi connectivity index (χ0) is 11.3. The van der Waals surface area contributed by atoms with E-state index in [2.05, 4.69) is 10.1 Å². The van der Waals surface area contributed by atoms with Gasteiger partial charge in [-0.15, -0.1) is 0 Å². The van der Waals surface area contributed by atoms with Crippen molar-refractivity contribution in [3.05, 3.63) is 11.7 Å². The lowest BCUT2D eigenvalue weighted by Crippen LogP contribution is -2.21. The van der Waals surface area contributed by atoms with Gasteiger partial charge >= 0.3 is 0 Å². The molecular formula is C9H17N3O3. The van der Waals surface area contributed by atoms with Crippen molar-refractivity contribution in [2.75, 3.05) is 20.3 Å². The number of aromatic nitrogens is 2. The van der Waals surface area contributed by atoms with E-state index in [9.17, 15) is 0 Å². The van der Waals surface area contributed by atoms with E-state index in [1.54, 1.807) is 7.11 Å². The van der Waals surface area contributed by atoms with Crippen LogP contribution in [0.25, 0.3) is 0 Å². The van der Waals surface area contributed by atoms with Gasteiger partial charge in [0.1, 0.15) is 12.2 Å². The highest BCUT2D eigenvalue weighted by molar-refractivity contribution is 4.96. The second kappa shape index (κ2) is 5.20. The molecule has 6 heteroatoms. The van der Waals surface area contributed by atoms with Crippen LogP contribution >= 0.6 is 0 Å². The van der Waals surface area contributed by atoms with Gasteiger partial charge in [-0.05, 0) is 13.8 Å². The van der Waals surface area contributed by atoms with E-state index in [-0.39, 0.29) is 6.61 Å². The molecule has 0 bridgehead atoms. The van der Waals surface area contributed by atoms with Crippen molar-refractivity contribution in [2.24, 2.45) is 5.73 Å². The molecule has 1 rings (SSSR count). The molecule has 0 atom stereocenters. The van der Waals surface area contributed by atoms with Crippen LogP contribution in [-0.2, 0) is 21.7 Å². The lowest BCUT2D eigenvalue weighted by atomic mass is 10.1. The van der Waals surface area contributed by atoms with Crippen LogP contribution in [-0.4, -0.2) is 30.4 Å². The molecule has 15 heavy (non-hydrogen) atoms. The average molecular weight is 215 g/mol. The molecule has 0 fully saturated rings. The molecule has 1 heterocycles. The zero-order valence-electron chi connectivity index (χ0n) is 9.32. The van der Waals surface area contributed by atoms with Crippen LogP contribution in [0.4, 0.5) is 0 Å². The van der Waals surface area contributed by atoms with Crippen LogP contribution in [0.5, 0.6) is 0 Å². The SMILES string of the molecule is COC(C)(C)c1noc(COCCN)n1. The molecule has 0 radical (unpaired) electrons. The second-order valence-electron chi connectivity index (χ2n) is 3.57. The van der Waals surface area contributed by atoms with Gasteiger partial charge in [0.2, 0.25) is 5.82 Å². The summed E-state index contributed by atoms with van der Waals surface area (Å²) < 4.78 is 15.4. The van der Waals surface area contributed by atoms with Crippen LogP contribution in [0.15, 0.2) is 4.52 Å². The Labute approximate surface area is 88.7 Å². The predicted octanol–water partition coefficient (Wildman–Crippen LogP) is 0.426. The van der Waals surface area contributed by atoms with E-state index in [0.29, 0.717) is 24.9 Å². The van der Waals surface area contributed by atoms with Gasteiger partial charge < -0.3 is 19.7 Å². The van der Waals surface area contributed by atoms with Crippen molar-refractivity contribution in [1.82, 2.24) is 10.1 Å². The molecule has 1 aromatic rings. The van der Waals surface area contributed by atoms with Crippen molar-refractivity contribution >= 4 is 0 Å². The monoisotopic (exact) mass is 215 g/mol. The Morgan fingerprint density at radius 3 is 2.80 bits per heavy atom. The van der Waals surface area contributed by atoms with Gasteiger partial charge in [-0.3, -0.25) is 0 Å². The first kappa shape index (κ1) is 12.1. The van der Waals surface area contributed by atoms with E-state index in [4.69, 9.17) is 19.7 Å². The summed E-state index contributed by atoms with van der Waals surface area (Å²) >= 11 is 0. The molecule has 0 amide bonds. The Morgan fingerprint density at radius 1 is 1.47 bits per heavy atom. The number of hydrogen-bond donors (Lipinski definition) is 1. The third kappa shape index (κ3) is 3.26. The second-order valence-corrected chi connectivity index (χ2v) is 3.57. The summed E-state index contributed by atoms with van der Waals surface area (Å²) in [5.41, 5.74) is 4.73. The first-order valence-electron chi connectivity index (χ1n) is 4.76. The normalized spacial score (nSPS) is 12.0. The van der Waals surface area contributed by atoms with Crippen molar-refractivity contribution in [2.45, 2.75) is 26.1 Å². The number of nitrogens with two attached hydrogens (primary N) is 1. The van der Waals surface area contributed by atoms with Gasteiger partial charge in [0.05, 0.1) is 6.61 Å². The zero-order valence-corrected chi connectivity index (χ0v) is 9.32. The molecule has 0 saturated carbocycles. The Hall–Kier alpha value is -0.980. The fourth-order valence-electron chi connectivity index (χ4n) is 0.892. The number of ether oxygens (including phenoxy) is 2. The first-order valence-corrected chi connectivity index (χ1v) is 4.76. The fraction of sp³-hybridized carbons (Fsp3) is 0.778. The molecule has 86 valence electrons. The third-order valence-electron chi connectivity index (χ3n) is 2.00. The van der Waals surface area contributed by atoms with Crippen molar-refractivity contribution in [3.8, 4) is 0 Å². The van der Waals surface area contributed by atoms with E-state index < -0.39 is 5.60 Å². The molecule has 0 saturated heterocycles.